The molecule has 0 aromatic heterocycles. The van der Waals surface area contributed by atoms with Crippen molar-refractivity contribution in [3.05, 3.63) is 83.9 Å². The SMILES string of the molecule is CC(C)CN(CC(O)C(N)=O)C(=O)N[C@@H](Cc1cccc2ccccc12)C(=O)OCc1ccccc1. The van der Waals surface area contributed by atoms with Crippen molar-refractivity contribution in [2.24, 2.45) is 11.7 Å². The second-order valence-electron chi connectivity index (χ2n) is 9.15. The van der Waals surface area contributed by atoms with Crippen LogP contribution < -0.4 is 11.1 Å². The van der Waals surface area contributed by atoms with Crippen molar-refractivity contribution in [3.63, 3.8) is 0 Å². The highest BCUT2D eigenvalue weighted by atomic mass is 16.5. The molecule has 0 aliphatic rings. The Bertz CT molecular complexity index is 1180. The van der Waals surface area contributed by atoms with E-state index < -0.39 is 30.1 Å². The molecule has 0 aliphatic carbocycles. The zero-order valence-corrected chi connectivity index (χ0v) is 20.6. The summed E-state index contributed by atoms with van der Waals surface area (Å²) >= 11 is 0. The number of nitrogens with zero attached hydrogens (tertiary/aromatic N) is 1. The minimum atomic E-state index is -1.52. The molecular weight excluding hydrogens is 458 g/mol. The smallest absolute Gasteiger partial charge is 0.329 e. The molecule has 4 N–H and O–H groups in total. The first-order valence-electron chi connectivity index (χ1n) is 11.9. The molecule has 0 aliphatic heterocycles. The minimum absolute atomic E-state index is 0.0531. The number of hydrogen-bond acceptors (Lipinski definition) is 5. The maximum absolute atomic E-state index is 13.2. The van der Waals surface area contributed by atoms with Crippen LogP contribution in [0.15, 0.2) is 72.8 Å². The maximum atomic E-state index is 13.2. The molecule has 36 heavy (non-hydrogen) atoms. The van der Waals surface area contributed by atoms with Crippen LogP contribution in [-0.4, -0.2) is 53.1 Å². The maximum Gasteiger partial charge on any atom is 0.329 e. The highest BCUT2D eigenvalue weighted by Crippen LogP contribution is 2.20. The molecule has 8 heteroatoms. The number of ether oxygens (including phenoxy) is 1. The van der Waals surface area contributed by atoms with Gasteiger partial charge >= 0.3 is 12.0 Å². The fourth-order valence-corrected chi connectivity index (χ4v) is 3.93. The number of nitrogens with one attached hydrogen (secondary N) is 1. The van der Waals surface area contributed by atoms with Crippen LogP contribution in [0, 0.1) is 5.92 Å². The highest BCUT2D eigenvalue weighted by molar-refractivity contribution is 5.88. The Kier molecular flexibility index (Phi) is 9.41. The summed E-state index contributed by atoms with van der Waals surface area (Å²) in [5.74, 6) is -1.46. The molecule has 2 atom stereocenters. The normalized spacial score (nSPS) is 12.7. The van der Waals surface area contributed by atoms with E-state index >= 15 is 0 Å². The number of aliphatic hydroxyl groups excluding tert-OH is 1. The van der Waals surface area contributed by atoms with Crippen molar-refractivity contribution in [2.75, 3.05) is 13.1 Å². The first-order chi connectivity index (χ1) is 17.2. The van der Waals surface area contributed by atoms with Gasteiger partial charge in [0.25, 0.3) is 0 Å². The lowest BCUT2D eigenvalue weighted by Gasteiger charge is -2.28. The summed E-state index contributed by atoms with van der Waals surface area (Å²) in [5, 5.41) is 14.7. The number of esters is 1. The number of carbonyl (C=O) groups is 3. The molecule has 0 heterocycles. The summed E-state index contributed by atoms with van der Waals surface area (Å²) in [6, 6.07) is 21.3. The predicted octanol–water partition coefficient (Wildman–Crippen LogP) is 3.01. The van der Waals surface area contributed by atoms with E-state index in [4.69, 9.17) is 10.5 Å². The summed E-state index contributed by atoms with van der Waals surface area (Å²) in [6.45, 7) is 3.85. The van der Waals surface area contributed by atoms with Gasteiger partial charge in [0, 0.05) is 13.0 Å². The molecule has 3 amide bonds. The summed E-state index contributed by atoms with van der Waals surface area (Å²) in [5.41, 5.74) is 6.90. The second kappa shape index (κ2) is 12.7. The third-order valence-corrected chi connectivity index (χ3v) is 5.70. The average molecular weight is 492 g/mol. The van der Waals surface area contributed by atoms with Gasteiger partial charge in [-0.2, -0.15) is 0 Å². The van der Waals surface area contributed by atoms with Gasteiger partial charge in [-0.25, -0.2) is 9.59 Å². The quantitative estimate of drug-likeness (QED) is 0.356. The Morgan fingerprint density at radius 1 is 0.944 bits per heavy atom. The van der Waals surface area contributed by atoms with Crippen LogP contribution >= 0.6 is 0 Å². The molecule has 0 radical (unpaired) electrons. The van der Waals surface area contributed by atoms with Crippen LogP contribution in [0.5, 0.6) is 0 Å². The number of hydrogen-bond donors (Lipinski definition) is 3. The minimum Gasteiger partial charge on any atom is -0.459 e. The van der Waals surface area contributed by atoms with Gasteiger partial charge in [0.05, 0.1) is 6.54 Å². The summed E-state index contributed by atoms with van der Waals surface area (Å²) in [7, 11) is 0. The van der Waals surface area contributed by atoms with Gasteiger partial charge in [0.1, 0.15) is 18.8 Å². The molecule has 0 spiro atoms. The number of urea groups is 1. The van der Waals surface area contributed by atoms with Crippen LogP contribution in [0.3, 0.4) is 0 Å². The molecule has 3 aromatic rings. The van der Waals surface area contributed by atoms with E-state index in [0.717, 1.165) is 21.9 Å². The molecular formula is C28H33N3O5. The third kappa shape index (κ3) is 7.55. The van der Waals surface area contributed by atoms with Crippen molar-refractivity contribution < 1.29 is 24.2 Å². The van der Waals surface area contributed by atoms with Gasteiger partial charge in [-0.05, 0) is 27.8 Å². The summed E-state index contributed by atoms with van der Waals surface area (Å²) in [6.07, 6.45) is -1.31. The monoisotopic (exact) mass is 491 g/mol. The van der Waals surface area contributed by atoms with E-state index in [2.05, 4.69) is 5.32 Å². The van der Waals surface area contributed by atoms with E-state index in [1.54, 1.807) is 0 Å². The average Bonchev–Trinajstić information content (AvgIpc) is 2.86. The zero-order chi connectivity index (χ0) is 26.1. The van der Waals surface area contributed by atoms with Gasteiger partial charge in [-0.3, -0.25) is 4.79 Å². The number of rotatable bonds is 11. The van der Waals surface area contributed by atoms with Crippen molar-refractivity contribution in [3.8, 4) is 0 Å². The Morgan fingerprint density at radius 3 is 2.31 bits per heavy atom. The molecule has 3 rings (SSSR count). The first kappa shape index (κ1) is 26.7. The molecule has 0 fully saturated rings. The standard InChI is InChI=1S/C28H33N3O5/c1-19(2)16-31(17-25(32)26(29)33)28(35)30-24(27(34)36-18-20-9-4-3-5-10-20)15-22-13-8-12-21-11-6-7-14-23(21)22/h3-14,19,24-25,32H,15-18H2,1-2H3,(H2,29,33)(H,30,35)/t24-,25?/m0/s1. The highest BCUT2D eigenvalue weighted by Gasteiger charge is 2.28. The Hall–Kier alpha value is -3.91. The molecule has 0 saturated heterocycles. The number of carbonyl (C=O) groups excluding carboxylic acids is 3. The number of benzene rings is 3. The predicted molar refractivity (Wildman–Crippen MR) is 138 cm³/mol. The Morgan fingerprint density at radius 2 is 1.61 bits per heavy atom. The summed E-state index contributed by atoms with van der Waals surface area (Å²) < 4.78 is 5.56. The molecule has 3 aromatic carbocycles. The Balaban J connectivity index is 1.84. The molecule has 190 valence electrons. The van der Waals surface area contributed by atoms with E-state index in [-0.39, 0.29) is 32.0 Å². The van der Waals surface area contributed by atoms with Gasteiger partial charge < -0.3 is 25.8 Å². The van der Waals surface area contributed by atoms with Crippen molar-refractivity contribution in [1.29, 1.82) is 0 Å². The molecule has 1 unspecified atom stereocenters. The number of aliphatic hydroxyl groups is 1. The zero-order valence-electron chi connectivity index (χ0n) is 20.6. The third-order valence-electron chi connectivity index (χ3n) is 5.70. The van der Waals surface area contributed by atoms with Gasteiger partial charge in [-0.15, -0.1) is 0 Å². The van der Waals surface area contributed by atoms with Crippen LogP contribution in [0.1, 0.15) is 25.0 Å². The first-order valence-corrected chi connectivity index (χ1v) is 11.9. The second-order valence-corrected chi connectivity index (χ2v) is 9.15. The lowest BCUT2D eigenvalue weighted by molar-refractivity contribution is -0.147. The van der Waals surface area contributed by atoms with E-state index in [9.17, 15) is 19.5 Å². The lowest BCUT2D eigenvalue weighted by atomic mass is 9.99. The van der Waals surface area contributed by atoms with Crippen LogP contribution in [0.25, 0.3) is 10.8 Å². The number of fused-ring (bicyclic) bond motifs is 1. The fourth-order valence-electron chi connectivity index (χ4n) is 3.93. The Labute approximate surface area is 211 Å². The molecule has 0 saturated carbocycles. The van der Waals surface area contributed by atoms with Crippen molar-refractivity contribution >= 4 is 28.7 Å². The van der Waals surface area contributed by atoms with E-state index in [1.807, 2.05) is 86.6 Å². The van der Waals surface area contributed by atoms with Crippen LogP contribution in [0.2, 0.25) is 0 Å². The summed E-state index contributed by atoms with van der Waals surface area (Å²) in [4.78, 5) is 39.1. The van der Waals surface area contributed by atoms with Crippen LogP contribution in [-0.2, 0) is 27.4 Å². The fraction of sp³-hybridized carbons (Fsp3) is 0.321. The molecule has 8 nitrogen and oxygen atoms in total. The van der Waals surface area contributed by atoms with Gasteiger partial charge in [-0.1, -0.05) is 86.6 Å². The number of primary amides is 1. The number of nitrogens with two attached hydrogens (primary N) is 1. The van der Waals surface area contributed by atoms with Crippen molar-refractivity contribution in [2.45, 2.75) is 39.0 Å². The lowest BCUT2D eigenvalue weighted by Crippen LogP contribution is -2.53. The molecule has 0 bridgehead atoms. The largest absolute Gasteiger partial charge is 0.459 e. The van der Waals surface area contributed by atoms with Crippen molar-refractivity contribution in [1.82, 2.24) is 10.2 Å². The number of amides is 3. The van der Waals surface area contributed by atoms with E-state index in [1.165, 1.54) is 4.90 Å². The van der Waals surface area contributed by atoms with Gasteiger partial charge in [0.2, 0.25) is 5.91 Å². The topological polar surface area (TPSA) is 122 Å². The van der Waals surface area contributed by atoms with Gasteiger partial charge in [0.15, 0.2) is 0 Å². The van der Waals surface area contributed by atoms with Crippen LogP contribution in [0.4, 0.5) is 4.79 Å². The van der Waals surface area contributed by atoms with E-state index in [0.29, 0.717) is 0 Å².